The molecule has 1 amide bonds. The molecule has 4 nitrogen and oxygen atoms in total. The highest BCUT2D eigenvalue weighted by atomic mass is 16.4. The van der Waals surface area contributed by atoms with E-state index in [0.29, 0.717) is 13.0 Å². The number of hydrogen-bond acceptors (Lipinski definition) is 2. The molecule has 0 bridgehead atoms. The quantitative estimate of drug-likeness (QED) is 0.764. The number of nitrogens with zero attached hydrogens (tertiary/aromatic N) is 1. The summed E-state index contributed by atoms with van der Waals surface area (Å²) < 4.78 is 0. The third-order valence-corrected chi connectivity index (χ3v) is 4.21. The van der Waals surface area contributed by atoms with Crippen LogP contribution < -0.4 is 0 Å². The molecule has 1 fully saturated rings. The number of rotatable bonds is 2. The first kappa shape index (κ1) is 13.1. The van der Waals surface area contributed by atoms with Crippen LogP contribution >= 0.6 is 0 Å². The van der Waals surface area contributed by atoms with Crippen LogP contribution in [0.25, 0.3) is 0 Å². The van der Waals surface area contributed by atoms with E-state index < -0.39 is 11.9 Å². The summed E-state index contributed by atoms with van der Waals surface area (Å²) in [5.74, 6) is -0.965. The number of amides is 1. The molecular formula is C14H21NO3. The van der Waals surface area contributed by atoms with Crippen molar-refractivity contribution >= 4 is 11.9 Å². The summed E-state index contributed by atoms with van der Waals surface area (Å²) in [6.45, 7) is 2.58. The number of likely N-dealkylation sites (tertiary alicyclic amines) is 1. The molecule has 0 aromatic carbocycles. The van der Waals surface area contributed by atoms with Crippen LogP contribution in [-0.2, 0) is 9.59 Å². The van der Waals surface area contributed by atoms with E-state index in [9.17, 15) is 9.59 Å². The molecule has 0 radical (unpaired) electrons. The molecule has 2 aliphatic rings. The molecule has 1 N–H and O–H groups in total. The Kier molecular flexibility index (Phi) is 4.04. The number of allylic oxidation sites excluding steroid dienone is 2. The van der Waals surface area contributed by atoms with E-state index in [1.54, 1.807) is 4.90 Å². The molecule has 3 atom stereocenters. The summed E-state index contributed by atoms with van der Waals surface area (Å²) in [6, 6.07) is -0.172. The second-order valence-corrected chi connectivity index (χ2v) is 5.34. The van der Waals surface area contributed by atoms with Gasteiger partial charge in [0.25, 0.3) is 0 Å². The molecule has 0 aromatic heterocycles. The normalized spacial score (nSPS) is 32.3. The lowest BCUT2D eigenvalue weighted by molar-refractivity contribution is -0.150. The first-order valence-corrected chi connectivity index (χ1v) is 6.79. The SMILES string of the molecule is C[C@@H]1[C@H](C(=O)O)CCCN1C(=O)C1CC=CCC1. The van der Waals surface area contributed by atoms with E-state index in [1.807, 2.05) is 6.92 Å². The molecule has 0 spiro atoms. The van der Waals surface area contributed by atoms with Crippen molar-refractivity contribution in [3.05, 3.63) is 12.2 Å². The van der Waals surface area contributed by atoms with Gasteiger partial charge in [0, 0.05) is 18.5 Å². The monoisotopic (exact) mass is 251 g/mol. The number of carboxylic acid groups (broad SMARTS) is 1. The second kappa shape index (κ2) is 5.55. The van der Waals surface area contributed by atoms with Crippen molar-refractivity contribution in [2.45, 2.75) is 45.1 Å². The number of hydrogen-bond donors (Lipinski definition) is 1. The largest absolute Gasteiger partial charge is 0.481 e. The predicted molar refractivity (Wildman–Crippen MR) is 68.0 cm³/mol. The number of carbonyl (C=O) groups is 2. The predicted octanol–water partition coefficient (Wildman–Crippen LogP) is 2.05. The topological polar surface area (TPSA) is 57.6 Å². The van der Waals surface area contributed by atoms with Crippen molar-refractivity contribution in [1.29, 1.82) is 0 Å². The Morgan fingerprint density at radius 2 is 2.06 bits per heavy atom. The fourth-order valence-electron chi connectivity index (χ4n) is 3.04. The summed E-state index contributed by atoms with van der Waals surface area (Å²) >= 11 is 0. The third kappa shape index (κ3) is 2.57. The Morgan fingerprint density at radius 1 is 1.28 bits per heavy atom. The Morgan fingerprint density at radius 3 is 2.67 bits per heavy atom. The minimum absolute atomic E-state index is 0.0602. The van der Waals surface area contributed by atoms with Gasteiger partial charge in [0.1, 0.15) is 0 Å². The summed E-state index contributed by atoms with van der Waals surface area (Å²) in [4.78, 5) is 25.4. The second-order valence-electron chi connectivity index (χ2n) is 5.34. The van der Waals surface area contributed by atoms with Gasteiger partial charge >= 0.3 is 5.97 Å². The molecule has 18 heavy (non-hydrogen) atoms. The minimum atomic E-state index is -0.775. The Labute approximate surface area is 108 Å². The van der Waals surface area contributed by atoms with Crippen molar-refractivity contribution in [2.24, 2.45) is 11.8 Å². The van der Waals surface area contributed by atoms with E-state index in [1.165, 1.54) is 0 Å². The smallest absolute Gasteiger partial charge is 0.308 e. The first-order chi connectivity index (χ1) is 8.61. The molecule has 2 rings (SSSR count). The average Bonchev–Trinajstić information content (AvgIpc) is 2.39. The van der Waals surface area contributed by atoms with Gasteiger partial charge in [0.2, 0.25) is 5.91 Å². The number of carboxylic acids is 1. The van der Waals surface area contributed by atoms with E-state index >= 15 is 0 Å². The van der Waals surface area contributed by atoms with Crippen LogP contribution in [0.4, 0.5) is 0 Å². The van der Waals surface area contributed by atoms with Gasteiger partial charge in [-0.3, -0.25) is 9.59 Å². The van der Waals surface area contributed by atoms with Crippen molar-refractivity contribution in [2.75, 3.05) is 6.54 Å². The van der Waals surface area contributed by atoms with Crippen molar-refractivity contribution in [3.8, 4) is 0 Å². The standard InChI is InChI=1S/C14H21NO3/c1-10-12(14(17)18)8-5-9-15(10)13(16)11-6-3-2-4-7-11/h2-3,10-12H,4-9H2,1H3,(H,17,18)/t10-,11?,12-/m1/s1. The fraction of sp³-hybridized carbons (Fsp3) is 0.714. The van der Waals surface area contributed by atoms with Crippen LogP contribution in [0.3, 0.4) is 0 Å². The molecule has 100 valence electrons. The van der Waals surface area contributed by atoms with Crippen LogP contribution in [-0.4, -0.2) is 34.5 Å². The Balaban J connectivity index is 2.04. The van der Waals surface area contributed by atoms with Crippen molar-refractivity contribution in [1.82, 2.24) is 4.90 Å². The molecule has 0 saturated carbocycles. The fourth-order valence-corrected chi connectivity index (χ4v) is 3.04. The average molecular weight is 251 g/mol. The van der Waals surface area contributed by atoms with Gasteiger partial charge < -0.3 is 10.0 Å². The maximum Gasteiger partial charge on any atom is 0.308 e. The van der Waals surface area contributed by atoms with Crippen molar-refractivity contribution in [3.63, 3.8) is 0 Å². The minimum Gasteiger partial charge on any atom is -0.481 e. The number of piperidine rings is 1. The molecule has 1 aliphatic heterocycles. The molecule has 0 aromatic rings. The lowest BCUT2D eigenvalue weighted by Gasteiger charge is -2.39. The van der Waals surface area contributed by atoms with E-state index in [2.05, 4.69) is 12.2 Å². The van der Waals surface area contributed by atoms with Crippen LogP contribution in [0.15, 0.2) is 12.2 Å². The van der Waals surface area contributed by atoms with Crippen LogP contribution in [0, 0.1) is 11.8 Å². The Hall–Kier alpha value is -1.32. The van der Waals surface area contributed by atoms with Crippen molar-refractivity contribution < 1.29 is 14.7 Å². The zero-order chi connectivity index (χ0) is 13.1. The van der Waals surface area contributed by atoms with Gasteiger partial charge in [0.15, 0.2) is 0 Å². The van der Waals surface area contributed by atoms with Gasteiger partial charge in [-0.15, -0.1) is 0 Å². The highest BCUT2D eigenvalue weighted by molar-refractivity contribution is 5.81. The van der Waals surface area contributed by atoms with Crippen LogP contribution in [0.5, 0.6) is 0 Å². The van der Waals surface area contributed by atoms with E-state index in [0.717, 1.165) is 25.7 Å². The van der Waals surface area contributed by atoms with Gasteiger partial charge in [0.05, 0.1) is 5.92 Å². The lowest BCUT2D eigenvalue weighted by Crippen LogP contribution is -2.51. The lowest BCUT2D eigenvalue weighted by atomic mass is 9.87. The third-order valence-electron chi connectivity index (χ3n) is 4.21. The number of aliphatic carboxylic acids is 1. The summed E-state index contributed by atoms with van der Waals surface area (Å²) in [5, 5.41) is 9.17. The summed E-state index contributed by atoms with van der Waals surface area (Å²) in [7, 11) is 0. The summed E-state index contributed by atoms with van der Waals surface area (Å²) in [5.41, 5.74) is 0. The zero-order valence-corrected chi connectivity index (χ0v) is 10.8. The van der Waals surface area contributed by atoms with Gasteiger partial charge in [-0.1, -0.05) is 12.2 Å². The van der Waals surface area contributed by atoms with Crippen LogP contribution in [0.1, 0.15) is 39.0 Å². The molecular weight excluding hydrogens is 230 g/mol. The Bertz CT molecular complexity index is 364. The van der Waals surface area contributed by atoms with E-state index in [4.69, 9.17) is 5.11 Å². The molecule has 1 saturated heterocycles. The first-order valence-electron chi connectivity index (χ1n) is 6.79. The molecule has 1 aliphatic carbocycles. The zero-order valence-electron chi connectivity index (χ0n) is 10.8. The molecule has 4 heteroatoms. The van der Waals surface area contributed by atoms with Crippen LogP contribution in [0.2, 0.25) is 0 Å². The maximum absolute atomic E-state index is 12.4. The van der Waals surface area contributed by atoms with Gasteiger partial charge in [-0.25, -0.2) is 0 Å². The molecule has 1 unspecified atom stereocenters. The molecule has 1 heterocycles. The summed E-state index contributed by atoms with van der Waals surface area (Å²) in [6.07, 6.45) is 8.33. The van der Waals surface area contributed by atoms with Gasteiger partial charge in [-0.05, 0) is 39.0 Å². The van der Waals surface area contributed by atoms with E-state index in [-0.39, 0.29) is 17.9 Å². The number of carbonyl (C=O) groups excluding carboxylic acids is 1. The van der Waals surface area contributed by atoms with Gasteiger partial charge in [-0.2, -0.15) is 0 Å². The maximum atomic E-state index is 12.4. The highest BCUT2D eigenvalue weighted by Crippen LogP contribution is 2.28. The highest BCUT2D eigenvalue weighted by Gasteiger charge is 2.37.